The first-order valence-electron chi connectivity index (χ1n) is 18.4. The molecule has 0 atom stereocenters. The topological polar surface area (TPSA) is 16.4 Å². The predicted molar refractivity (Wildman–Crippen MR) is 228 cm³/mol. The van der Waals surface area contributed by atoms with Gasteiger partial charge in [0.2, 0.25) is 0 Å². The first-order chi connectivity index (χ1) is 26.8. The molecule has 0 amide bonds. The van der Waals surface area contributed by atoms with Crippen molar-refractivity contribution < 1.29 is 4.42 Å². The third-order valence-corrected chi connectivity index (χ3v) is 10.4. The van der Waals surface area contributed by atoms with Crippen LogP contribution < -0.4 is 4.90 Å². The second-order valence-corrected chi connectivity index (χ2v) is 13.7. The molecule has 2 heteroatoms. The fraction of sp³-hybridized carbons (Fsp3) is 0. The van der Waals surface area contributed by atoms with Crippen molar-refractivity contribution in [2.45, 2.75) is 0 Å². The lowest BCUT2D eigenvalue weighted by atomic mass is 9.94. The maximum Gasteiger partial charge on any atom is 0.143 e. The molecule has 0 saturated heterocycles. The van der Waals surface area contributed by atoms with Gasteiger partial charge in [-0.25, -0.2) is 0 Å². The van der Waals surface area contributed by atoms with Gasteiger partial charge in [-0.15, -0.1) is 0 Å². The Morgan fingerprint density at radius 1 is 0.259 bits per heavy atom. The van der Waals surface area contributed by atoms with Crippen LogP contribution in [-0.2, 0) is 0 Å². The van der Waals surface area contributed by atoms with Gasteiger partial charge in [-0.3, -0.25) is 0 Å². The summed E-state index contributed by atoms with van der Waals surface area (Å²) in [7, 11) is 0. The number of furan rings is 1. The number of rotatable bonds is 7. The van der Waals surface area contributed by atoms with E-state index in [9.17, 15) is 0 Å². The summed E-state index contributed by atoms with van der Waals surface area (Å²) >= 11 is 0. The van der Waals surface area contributed by atoms with Gasteiger partial charge in [0.15, 0.2) is 0 Å². The van der Waals surface area contributed by atoms with Gasteiger partial charge in [0.25, 0.3) is 0 Å². The molecule has 0 spiro atoms. The highest BCUT2D eigenvalue weighted by Crippen LogP contribution is 2.44. The molecule has 1 heterocycles. The first-order valence-corrected chi connectivity index (χ1v) is 18.4. The minimum absolute atomic E-state index is 0.919. The van der Waals surface area contributed by atoms with Crippen molar-refractivity contribution in [1.82, 2.24) is 0 Å². The number of hydrogen-bond donors (Lipinski definition) is 0. The lowest BCUT2D eigenvalue weighted by Gasteiger charge is -2.27. The van der Waals surface area contributed by atoms with Crippen molar-refractivity contribution in [2.24, 2.45) is 0 Å². The zero-order chi connectivity index (χ0) is 35.8. The Labute approximate surface area is 314 Å². The van der Waals surface area contributed by atoms with Crippen LogP contribution in [0.15, 0.2) is 217 Å². The van der Waals surface area contributed by atoms with Crippen molar-refractivity contribution >= 4 is 49.8 Å². The third kappa shape index (κ3) is 5.62. The number of hydrogen-bond acceptors (Lipinski definition) is 2. The molecule has 0 aliphatic rings. The summed E-state index contributed by atoms with van der Waals surface area (Å²) in [5, 5.41) is 4.53. The monoisotopic (exact) mass is 689 g/mol. The van der Waals surface area contributed by atoms with Gasteiger partial charge in [-0.1, -0.05) is 170 Å². The van der Waals surface area contributed by atoms with E-state index in [-0.39, 0.29) is 0 Å². The minimum atomic E-state index is 0.919. The first kappa shape index (κ1) is 31.6. The second-order valence-electron chi connectivity index (χ2n) is 13.7. The molecule has 0 N–H and O–H groups in total. The van der Waals surface area contributed by atoms with Crippen molar-refractivity contribution in [2.75, 3.05) is 4.90 Å². The van der Waals surface area contributed by atoms with Gasteiger partial charge in [-0.2, -0.15) is 0 Å². The molecule has 0 radical (unpaired) electrons. The van der Waals surface area contributed by atoms with Gasteiger partial charge < -0.3 is 9.32 Å². The van der Waals surface area contributed by atoms with E-state index in [0.29, 0.717) is 0 Å². The normalized spacial score (nSPS) is 11.3. The number of fused-ring (bicyclic) bond motifs is 5. The lowest BCUT2D eigenvalue weighted by molar-refractivity contribution is 0.674. The zero-order valence-corrected chi connectivity index (χ0v) is 29.6. The molecule has 0 aliphatic heterocycles. The molecular weight excluding hydrogens is 655 g/mol. The van der Waals surface area contributed by atoms with E-state index >= 15 is 0 Å². The lowest BCUT2D eigenvalue weighted by Crippen LogP contribution is -2.10. The molecule has 1 aromatic heterocycles. The van der Waals surface area contributed by atoms with Crippen LogP contribution in [-0.4, -0.2) is 0 Å². The van der Waals surface area contributed by atoms with E-state index < -0.39 is 0 Å². The van der Waals surface area contributed by atoms with E-state index in [1.165, 1.54) is 33.2 Å². The highest BCUT2D eigenvalue weighted by molar-refractivity contribution is 6.20. The quantitative estimate of drug-likeness (QED) is 0.166. The largest absolute Gasteiger partial charge is 0.455 e. The van der Waals surface area contributed by atoms with Crippen LogP contribution in [0.5, 0.6) is 0 Å². The van der Waals surface area contributed by atoms with Crippen LogP contribution in [0.25, 0.3) is 77.2 Å². The molecule has 254 valence electrons. The van der Waals surface area contributed by atoms with Crippen LogP contribution in [0.1, 0.15) is 0 Å². The van der Waals surface area contributed by atoms with E-state index in [2.05, 4.69) is 217 Å². The van der Waals surface area contributed by atoms with Crippen LogP contribution in [0.2, 0.25) is 0 Å². The van der Waals surface area contributed by atoms with Crippen LogP contribution in [0.4, 0.5) is 17.1 Å². The van der Waals surface area contributed by atoms with E-state index in [0.717, 1.165) is 61.1 Å². The van der Waals surface area contributed by atoms with Crippen LogP contribution in [0.3, 0.4) is 0 Å². The van der Waals surface area contributed by atoms with Crippen LogP contribution >= 0.6 is 0 Å². The summed E-state index contributed by atoms with van der Waals surface area (Å²) in [6, 6.07) is 75.7. The smallest absolute Gasteiger partial charge is 0.143 e. The number of nitrogens with zero attached hydrogens (tertiary/aromatic N) is 1. The summed E-state index contributed by atoms with van der Waals surface area (Å²) < 4.78 is 6.77. The molecule has 0 saturated carbocycles. The maximum atomic E-state index is 6.77. The van der Waals surface area contributed by atoms with Crippen molar-refractivity contribution in [3.05, 3.63) is 212 Å². The van der Waals surface area contributed by atoms with E-state index in [4.69, 9.17) is 4.42 Å². The molecular formula is C52H35NO. The summed E-state index contributed by atoms with van der Waals surface area (Å²) in [5.41, 5.74) is 14.4. The Hall–Kier alpha value is -7.16. The fourth-order valence-electron chi connectivity index (χ4n) is 7.85. The maximum absolute atomic E-state index is 6.77. The second kappa shape index (κ2) is 13.4. The molecule has 54 heavy (non-hydrogen) atoms. The Kier molecular flexibility index (Phi) is 7.85. The van der Waals surface area contributed by atoms with Gasteiger partial charge in [0.05, 0.1) is 0 Å². The van der Waals surface area contributed by atoms with Gasteiger partial charge >= 0.3 is 0 Å². The fourth-order valence-corrected chi connectivity index (χ4v) is 7.85. The zero-order valence-electron chi connectivity index (χ0n) is 29.6. The Morgan fingerprint density at radius 2 is 0.722 bits per heavy atom. The Bertz CT molecular complexity index is 2830. The van der Waals surface area contributed by atoms with Gasteiger partial charge in [-0.05, 0) is 86.8 Å². The molecule has 10 aromatic rings. The van der Waals surface area contributed by atoms with E-state index in [1.807, 2.05) is 0 Å². The molecule has 9 aromatic carbocycles. The van der Waals surface area contributed by atoms with Gasteiger partial charge in [0, 0.05) is 38.8 Å². The Morgan fingerprint density at radius 3 is 1.33 bits per heavy atom. The summed E-state index contributed by atoms with van der Waals surface area (Å²) in [6.07, 6.45) is 0. The summed E-state index contributed by atoms with van der Waals surface area (Å²) in [4.78, 5) is 2.36. The number of benzene rings is 9. The molecule has 0 bridgehead atoms. The summed E-state index contributed by atoms with van der Waals surface area (Å²) in [6.45, 7) is 0. The molecule has 0 fully saturated rings. The van der Waals surface area contributed by atoms with Crippen LogP contribution in [0, 0.1) is 0 Å². The SMILES string of the molecule is c1ccc(-c2cccc(N(c3ccc(-c4cc5c6cccc(-c7ccccc7)c6oc5c5ccccc45)cc3)c3cccc(-c4ccccc4)c3)c2)cc1. The third-order valence-electron chi connectivity index (χ3n) is 10.4. The summed E-state index contributed by atoms with van der Waals surface area (Å²) in [5.74, 6) is 0. The predicted octanol–water partition coefficient (Wildman–Crippen LogP) is 14.9. The minimum Gasteiger partial charge on any atom is -0.455 e. The molecule has 10 rings (SSSR count). The van der Waals surface area contributed by atoms with Crippen molar-refractivity contribution in [1.29, 1.82) is 0 Å². The number of anilines is 3. The van der Waals surface area contributed by atoms with Gasteiger partial charge in [0.1, 0.15) is 11.2 Å². The highest BCUT2D eigenvalue weighted by atomic mass is 16.3. The Balaban J connectivity index is 1.12. The standard InChI is InChI=1S/C52H35NO/c1-4-15-36(16-5-1)40-21-12-23-43(33-40)53(44-24-13-22-41(34-44)37-17-6-2-7-18-37)42-31-29-39(30-32-42)49-35-50-48-28-14-27-45(38-19-8-3-9-20-38)51(48)54-52(50)47-26-11-10-25-46(47)49/h1-35H. The van der Waals surface area contributed by atoms with E-state index in [1.54, 1.807) is 0 Å². The molecule has 2 nitrogen and oxygen atoms in total. The van der Waals surface area contributed by atoms with Crippen molar-refractivity contribution in [3.8, 4) is 44.5 Å². The average molecular weight is 690 g/mol. The highest BCUT2D eigenvalue weighted by Gasteiger charge is 2.19. The van der Waals surface area contributed by atoms with Crippen molar-refractivity contribution in [3.63, 3.8) is 0 Å². The molecule has 0 aliphatic carbocycles. The molecule has 0 unspecified atom stereocenters. The number of para-hydroxylation sites is 1. The average Bonchev–Trinajstić information content (AvgIpc) is 3.64.